The normalized spacial score (nSPS) is 15.9. The van der Waals surface area contributed by atoms with Crippen molar-refractivity contribution in [3.05, 3.63) is 0 Å². The molecule has 0 aromatic heterocycles. The number of ketones is 1. The van der Waals surface area contributed by atoms with Crippen molar-refractivity contribution < 1.29 is 19.0 Å². The van der Waals surface area contributed by atoms with Gasteiger partial charge < -0.3 is 14.2 Å². The van der Waals surface area contributed by atoms with Crippen LogP contribution in [0.5, 0.6) is 0 Å². The smallest absolute Gasteiger partial charge is 0.283 e. The lowest BCUT2D eigenvalue weighted by atomic mass is 10.1. The molecule has 0 unspecified atom stereocenters. The maximum absolute atomic E-state index is 11.6. The average molecular weight is 469 g/mol. The number of hydrogen-bond donors (Lipinski definition) is 0. The standard InChI is InChI=1S/C29H56O4/c1-3-5-7-9-11-13-14-15-17-19-21-23-25-31-29(32-26-28(30)27-33-29)24-22-20-18-16-12-10-8-6-4-2/h3-27H2,1-2H3. The quantitative estimate of drug-likeness (QED) is 0.133. The number of ether oxygens (including phenoxy) is 3. The number of Topliss-reactive ketones (excluding diaryl/α,β-unsaturated/α-hetero) is 1. The molecule has 1 rings (SSSR count). The highest BCUT2D eigenvalue weighted by atomic mass is 16.9. The highest BCUT2D eigenvalue weighted by molar-refractivity contribution is 5.81. The molecule has 0 atom stereocenters. The molecule has 0 aromatic carbocycles. The monoisotopic (exact) mass is 468 g/mol. The van der Waals surface area contributed by atoms with Crippen molar-refractivity contribution in [2.24, 2.45) is 0 Å². The van der Waals surface area contributed by atoms with Gasteiger partial charge in [0.1, 0.15) is 13.2 Å². The summed E-state index contributed by atoms with van der Waals surface area (Å²) in [6.07, 6.45) is 28.3. The summed E-state index contributed by atoms with van der Waals surface area (Å²) in [6, 6.07) is 0. The summed E-state index contributed by atoms with van der Waals surface area (Å²) in [5, 5.41) is 0. The summed E-state index contributed by atoms with van der Waals surface area (Å²) >= 11 is 0. The molecule has 1 aliphatic rings. The van der Waals surface area contributed by atoms with E-state index < -0.39 is 5.97 Å². The first kappa shape index (κ1) is 30.6. The van der Waals surface area contributed by atoms with E-state index in [4.69, 9.17) is 14.2 Å². The predicted molar refractivity (Wildman–Crippen MR) is 139 cm³/mol. The van der Waals surface area contributed by atoms with Gasteiger partial charge in [-0.2, -0.15) is 0 Å². The third-order valence-corrected chi connectivity index (χ3v) is 6.81. The number of hydrogen-bond acceptors (Lipinski definition) is 4. The molecule has 0 radical (unpaired) electrons. The molecular formula is C29H56O4. The number of carbonyl (C=O) groups is 1. The molecule has 33 heavy (non-hydrogen) atoms. The fraction of sp³-hybridized carbons (Fsp3) is 0.966. The highest BCUT2D eigenvalue weighted by Gasteiger charge is 2.37. The van der Waals surface area contributed by atoms with Crippen LogP contribution >= 0.6 is 0 Å². The molecule has 1 saturated heterocycles. The van der Waals surface area contributed by atoms with E-state index in [0.29, 0.717) is 6.61 Å². The van der Waals surface area contributed by atoms with Crippen LogP contribution in [-0.2, 0) is 19.0 Å². The second kappa shape index (κ2) is 22.0. The van der Waals surface area contributed by atoms with E-state index in [2.05, 4.69) is 13.8 Å². The van der Waals surface area contributed by atoms with Gasteiger partial charge in [-0.05, 0) is 12.8 Å². The summed E-state index contributed by atoms with van der Waals surface area (Å²) in [5.74, 6) is -0.973. The van der Waals surface area contributed by atoms with Crippen molar-refractivity contribution in [2.75, 3.05) is 19.8 Å². The summed E-state index contributed by atoms with van der Waals surface area (Å²) in [4.78, 5) is 11.6. The molecule has 4 heteroatoms. The summed E-state index contributed by atoms with van der Waals surface area (Å²) < 4.78 is 17.6. The Kier molecular flexibility index (Phi) is 20.4. The minimum absolute atomic E-state index is 0.00617. The van der Waals surface area contributed by atoms with Gasteiger partial charge in [-0.3, -0.25) is 4.79 Å². The third kappa shape index (κ3) is 17.6. The molecule has 1 aliphatic heterocycles. The molecule has 0 bridgehead atoms. The van der Waals surface area contributed by atoms with Crippen LogP contribution in [0.3, 0.4) is 0 Å². The fourth-order valence-corrected chi connectivity index (χ4v) is 4.59. The van der Waals surface area contributed by atoms with Crippen molar-refractivity contribution in [1.82, 2.24) is 0 Å². The van der Waals surface area contributed by atoms with Gasteiger partial charge in [-0.1, -0.05) is 136 Å². The molecule has 1 fully saturated rings. The van der Waals surface area contributed by atoms with Gasteiger partial charge in [-0.25, -0.2) is 0 Å². The van der Waals surface area contributed by atoms with Gasteiger partial charge in [-0.15, -0.1) is 0 Å². The molecule has 0 saturated carbocycles. The lowest BCUT2D eigenvalue weighted by Crippen LogP contribution is -2.47. The van der Waals surface area contributed by atoms with Gasteiger partial charge in [0, 0.05) is 6.42 Å². The zero-order valence-corrected chi connectivity index (χ0v) is 22.3. The van der Waals surface area contributed by atoms with Gasteiger partial charge in [0.15, 0.2) is 5.78 Å². The Bertz CT molecular complexity index is 427. The lowest BCUT2D eigenvalue weighted by Gasteiger charge is -2.36. The molecule has 1 heterocycles. The summed E-state index contributed by atoms with van der Waals surface area (Å²) in [6.45, 7) is 5.44. The highest BCUT2D eigenvalue weighted by Crippen LogP contribution is 2.27. The minimum Gasteiger partial charge on any atom is -0.327 e. The Hall–Kier alpha value is -0.450. The van der Waals surface area contributed by atoms with E-state index in [0.717, 1.165) is 19.3 Å². The first-order valence-corrected chi connectivity index (χ1v) is 14.7. The van der Waals surface area contributed by atoms with Crippen molar-refractivity contribution in [2.45, 2.75) is 161 Å². The first-order valence-electron chi connectivity index (χ1n) is 14.7. The largest absolute Gasteiger partial charge is 0.327 e. The van der Waals surface area contributed by atoms with Crippen LogP contribution < -0.4 is 0 Å². The topological polar surface area (TPSA) is 44.8 Å². The molecule has 0 amide bonds. The Morgan fingerprint density at radius 3 is 1.36 bits per heavy atom. The summed E-state index contributed by atoms with van der Waals surface area (Å²) in [5.41, 5.74) is 0. The number of unbranched alkanes of at least 4 members (excludes halogenated alkanes) is 19. The van der Waals surface area contributed by atoms with Crippen molar-refractivity contribution in [1.29, 1.82) is 0 Å². The Morgan fingerprint density at radius 2 is 0.939 bits per heavy atom. The molecular weight excluding hydrogens is 412 g/mol. The fourth-order valence-electron chi connectivity index (χ4n) is 4.59. The molecule has 0 N–H and O–H groups in total. The van der Waals surface area contributed by atoms with Crippen LogP contribution in [0.15, 0.2) is 0 Å². The maximum atomic E-state index is 11.6. The SMILES string of the molecule is CCCCCCCCCCCCCCOC1(CCCCCCCCCCC)OCC(=O)CO1. The van der Waals surface area contributed by atoms with Crippen LogP contribution in [0, 0.1) is 0 Å². The van der Waals surface area contributed by atoms with Crippen LogP contribution in [0.25, 0.3) is 0 Å². The van der Waals surface area contributed by atoms with Crippen molar-refractivity contribution in [3.63, 3.8) is 0 Å². The Balaban J connectivity index is 2.05. The van der Waals surface area contributed by atoms with Crippen LogP contribution in [0.1, 0.15) is 155 Å². The average Bonchev–Trinajstić information content (AvgIpc) is 2.83. The van der Waals surface area contributed by atoms with Gasteiger partial charge in [0.05, 0.1) is 6.61 Å². The van der Waals surface area contributed by atoms with Crippen molar-refractivity contribution >= 4 is 5.78 Å². The van der Waals surface area contributed by atoms with Crippen LogP contribution in [-0.4, -0.2) is 31.6 Å². The molecule has 4 nitrogen and oxygen atoms in total. The van der Waals surface area contributed by atoms with E-state index in [9.17, 15) is 4.79 Å². The summed E-state index contributed by atoms with van der Waals surface area (Å²) in [7, 11) is 0. The van der Waals surface area contributed by atoms with E-state index >= 15 is 0 Å². The van der Waals surface area contributed by atoms with Gasteiger partial charge in [0.25, 0.3) is 5.97 Å². The molecule has 0 spiro atoms. The Labute approximate surface area is 205 Å². The lowest BCUT2D eigenvalue weighted by molar-refractivity contribution is -0.389. The van der Waals surface area contributed by atoms with E-state index in [1.165, 1.54) is 122 Å². The zero-order chi connectivity index (χ0) is 23.9. The molecule has 0 aliphatic carbocycles. The minimum atomic E-state index is -0.979. The van der Waals surface area contributed by atoms with Crippen LogP contribution in [0.4, 0.5) is 0 Å². The molecule has 196 valence electrons. The second-order valence-electron chi connectivity index (χ2n) is 10.1. The van der Waals surface area contributed by atoms with E-state index in [1.807, 2.05) is 0 Å². The van der Waals surface area contributed by atoms with Gasteiger partial charge in [0.2, 0.25) is 0 Å². The zero-order valence-electron chi connectivity index (χ0n) is 22.3. The maximum Gasteiger partial charge on any atom is 0.283 e. The Morgan fingerprint density at radius 1 is 0.576 bits per heavy atom. The second-order valence-corrected chi connectivity index (χ2v) is 10.1. The number of carbonyl (C=O) groups excluding carboxylic acids is 1. The number of rotatable bonds is 24. The predicted octanol–water partition coefficient (Wildman–Crippen LogP) is 8.89. The van der Waals surface area contributed by atoms with E-state index in [-0.39, 0.29) is 19.0 Å². The molecule has 0 aromatic rings. The third-order valence-electron chi connectivity index (χ3n) is 6.81. The van der Waals surface area contributed by atoms with Gasteiger partial charge >= 0.3 is 0 Å². The van der Waals surface area contributed by atoms with Crippen molar-refractivity contribution in [3.8, 4) is 0 Å². The van der Waals surface area contributed by atoms with Crippen LogP contribution in [0.2, 0.25) is 0 Å². The first-order chi connectivity index (χ1) is 16.2. The van der Waals surface area contributed by atoms with E-state index in [1.54, 1.807) is 0 Å².